The molecule has 0 spiro atoms. The minimum atomic E-state index is -3.73. The molecule has 0 aromatic heterocycles. The van der Waals surface area contributed by atoms with Crippen LogP contribution in [0.25, 0.3) is 0 Å². The molecule has 1 aromatic rings. The summed E-state index contributed by atoms with van der Waals surface area (Å²) in [5.41, 5.74) is 1.02. The van der Waals surface area contributed by atoms with Crippen molar-refractivity contribution >= 4 is 15.9 Å². The first-order valence-electron chi connectivity index (χ1n) is 9.23. The molecular formula is C20H28O4S. The van der Waals surface area contributed by atoms with Crippen LogP contribution in [0.2, 0.25) is 0 Å². The highest BCUT2D eigenvalue weighted by atomic mass is 32.2. The van der Waals surface area contributed by atoms with E-state index in [1.54, 1.807) is 24.3 Å². The van der Waals surface area contributed by atoms with Gasteiger partial charge in [-0.15, -0.1) is 0 Å². The Morgan fingerprint density at radius 3 is 2.60 bits per heavy atom. The first-order chi connectivity index (χ1) is 11.7. The lowest BCUT2D eigenvalue weighted by molar-refractivity contribution is -0.130. The molecule has 5 heteroatoms. The molecule has 4 nitrogen and oxygen atoms in total. The Labute approximate surface area is 151 Å². The maximum Gasteiger partial charge on any atom is 0.296 e. The summed E-state index contributed by atoms with van der Waals surface area (Å²) in [7, 11) is -3.73. The van der Waals surface area contributed by atoms with Crippen molar-refractivity contribution in [3.05, 3.63) is 29.8 Å². The average molecular weight is 365 g/mol. The number of aryl methyl sites for hydroxylation is 1. The second-order valence-corrected chi connectivity index (χ2v) is 9.71. The molecule has 0 amide bonds. The molecule has 1 aromatic carbocycles. The molecule has 25 heavy (non-hydrogen) atoms. The van der Waals surface area contributed by atoms with Crippen molar-refractivity contribution < 1.29 is 17.4 Å². The second kappa shape index (κ2) is 6.84. The van der Waals surface area contributed by atoms with Gasteiger partial charge in [0, 0.05) is 12.3 Å². The van der Waals surface area contributed by atoms with Crippen LogP contribution in [0.3, 0.4) is 0 Å². The molecule has 2 aliphatic carbocycles. The molecule has 1 unspecified atom stereocenters. The number of carbonyl (C=O) groups is 1. The Bertz CT molecular complexity index is 737. The number of hydrogen-bond acceptors (Lipinski definition) is 4. The van der Waals surface area contributed by atoms with Gasteiger partial charge in [0.2, 0.25) is 0 Å². The van der Waals surface area contributed by atoms with Crippen LogP contribution < -0.4 is 0 Å². The maximum atomic E-state index is 12.4. The molecule has 2 saturated carbocycles. The van der Waals surface area contributed by atoms with E-state index in [1.165, 1.54) is 0 Å². The van der Waals surface area contributed by atoms with Gasteiger partial charge in [0.25, 0.3) is 10.1 Å². The van der Waals surface area contributed by atoms with E-state index in [0.717, 1.165) is 31.2 Å². The van der Waals surface area contributed by atoms with E-state index in [1.807, 2.05) is 6.92 Å². The molecule has 2 fully saturated rings. The number of carbonyl (C=O) groups excluding carboxylic acids is 1. The van der Waals surface area contributed by atoms with E-state index in [4.69, 9.17) is 4.18 Å². The van der Waals surface area contributed by atoms with Crippen LogP contribution in [-0.4, -0.2) is 20.8 Å². The third-order valence-corrected chi connectivity index (χ3v) is 7.72. The maximum absolute atomic E-state index is 12.4. The monoisotopic (exact) mass is 364 g/mol. The summed E-state index contributed by atoms with van der Waals surface area (Å²) >= 11 is 0. The number of fused-ring (bicyclic) bond motifs is 1. The SMILES string of the molecule is Cc1ccc(S(=O)(=O)OC[C@H](C)[C@H]2CCC3C(=O)CCC[C@@]32C)cc1. The highest BCUT2D eigenvalue weighted by molar-refractivity contribution is 7.86. The molecule has 0 aliphatic heterocycles. The number of Topliss-reactive ketones (excluding diaryl/α,β-unsaturated/α-hetero) is 1. The molecule has 4 atom stereocenters. The Hall–Kier alpha value is -1.20. The average Bonchev–Trinajstić information content (AvgIpc) is 2.92. The highest BCUT2D eigenvalue weighted by Crippen LogP contribution is 2.56. The van der Waals surface area contributed by atoms with Gasteiger partial charge in [-0.05, 0) is 62.0 Å². The quantitative estimate of drug-likeness (QED) is 0.737. The highest BCUT2D eigenvalue weighted by Gasteiger charge is 2.52. The number of ketones is 1. The third kappa shape index (κ3) is 3.54. The minimum Gasteiger partial charge on any atom is -0.299 e. The number of rotatable bonds is 5. The zero-order valence-corrected chi connectivity index (χ0v) is 16.1. The third-order valence-electron chi connectivity index (χ3n) is 6.42. The Morgan fingerprint density at radius 2 is 1.92 bits per heavy atom. The summed E-state index contributed by atoms with van der Waals surface area (Å²) in [5.74, 6) is 1.01. The molecular weight excluding hydrogens is 336 g/mol. The molecule has 0 radical (unpaired) electrons. The van der Waals surface area contributed by atoms with Crippen LogP contribution in [0, 0.1) is 30.1 Å². The molecule has 0 N–H and O–H groups in total. The van der Waals surface area contributed by atoms with E-state index in [0.29, 0.717) is 18.1 Å². The lowest BCUT2D eigenvalue weighted by atomic mass is 9.62. The molecule has 3 rings (SSSR count). The van der Waals surface area contributed by atoms with Gasteiger partial charge in [-0.2, -0.15) is 8.42 Å². The van der Waals surface area contributed by atoms with Crippen LogP contribution in [0.15, 0.2) is 29.2 Å². The van der Waals surface area contributed by atoms with Gasteiger partial charge in [-0.3, -0.25) is 8.98 Å². The van der Waals surface area contributed by atoms with E-state index >= 15 is 0 Å². The van der Waals surface area contributed by atoms with Crippen molar-refractivity contribution in [2.24, 2.45) is 23.2 Å². The predicted octanol–water partition coefficient (Wildman–Crippen LogP) is 4.12. The second-order valence-electron chi connectivity index (χ2n) is 8.09. The largest absolute Gasteiger partial charge is 0.299 e. The fourth-order valence-electron chi connectivity index (χ4n) is 4.99. The van der Waals surface area contributed by atoms with Crippen LogP contribution in [0.5, 0.6) is 0 Å². The van der Waals surface area contributed by atoms with Gasteiger partial charge in [0.15, 0.2) is 0 Å². The van der Waals surface area contributed by atoms with Gasteiger partial charge < -0.3 is 0 Å². The smallest absolute Gasteiger partial charge is 0.296 e. The van der Waals surface area contributed by atoms with Gasteiger partial charge in [-0.25, -0.2) is 0 Å². The summed E-state index contributed by atoms with van der Waals surface area (Å²) in [4.78, 5) is 12.5. The van der Waals surface area contributed by atoms with Crippen molar-refractivity contribution in [1.29, 1.82) is 0 Å². The first-order valence-corrected chi connectivity index (χ1v) is 10.6. The minimum absolute atomic E-state index is 0.00569. The summed E-state index contributed by atoms with van der Waals surface area (Å²) in [6.07, 6.45) is 4.65. The molecule has 0 saturated heterocycles. The molecule has 2 aliphatic rings. The fraction of sp³-hybridized carbons (Fsp3) is 0.650. The Morgan fingerprint density at radius 1 is 1.24 bits per heavy atom. The van der Waals surface area contributed by atoms with E-state index in [9.17, 15) is 13.2 Å². The Kier molecular flexibility index (Phi) is 5.09. The van der Waals surface area contributed by atoms with Crippen molar-refractivity contribution in [2.75, 3.05) is 6.61 Å². The van der Waals surface area contributed by atoms with Crippen molar-refractivity contribution in [3.63, 3.8) is 0 Å². The Balaban J connectivity index is 1.67. The lowest BCUT2D eigenvalue weighted by Gasteiger charge is -2.42. The van der Waals surface area contributed by atoms with E-state index < -0.39 is 10.1 Å². The van der Waals surface area contributed by atoms with Crippen molar-refractivity contribution in [3.8, 4) is 0 Å². The predicted molar refractivity (Wildman–Crippen MR) is 96.7 cm³/mol. The summed E-state index contributed by atoms with van der Waals surface area (Å²) in [6.45, 7) is 6.37. The van der Waals surface area contributed by atoms with Gasteiger partial charge in [-0.1, -0.05) is 31.5 Å². The summed E-state index contributed by atoms with van der Waals surface area (Å²) in [5, 5.41) is 0. The van der Waals surface area contributed by atoms with Crippen LogP contribution >= 0.6 is 0 Å². The normalized spacial score (nSPS) is 30.9. The van der Waals surface area contributed by atoms with Crippen LogP contribution in [0.1, 0.15) is 51.5 Å². The van der Waals surface area contributed by atoms with Crippen molar-refractivity contribution in [2.45, 2.75) is 57.8 Å². The zero-order chi connectivity index (χ0) is 18.2. The van der Waals surface area contributed by atoms with Crippen LogP contribution in [0.4, 0.5) is 0 Å². The number of benzene rings is 1. The molecule has 0 bridgehead atoms. The topological polar surface area (TPSA) is 60.4 Å². The van der Waals surface area contributed by atoms with Gasteiger partial charge in [0.1, 0.15) is 5.78 Å². The molecule has 0 heterocycles. The zero-order valence-electron chi connectivity index (χ0n) is 15.3. The first kappa shape index (κ1) is 18.6. The van der Waals surface area contributed by atoms with Gasteiger partial charge in [0.05, 0.1) is 11.5 Å². The summed E-state index contributed by atoms with van der Waals surface area (Å²) in [6, 6.07) is 6.72. The summed E-state index contributed by atoms with van der Waals surface area (Å²) < 4.78 is 30.2. The van der Waals surface area contributed by atoms with E-state index in [2.05, 4.69) is 13.8 Å². The molecule has 138 valence electrons. The number of hydrogen-bond donors (Lipinski definition) is 0. The van der Waals surface area contributed by atoms with Crippen LogP contribution in [-0.2, 0) is 19.1 Å². The lowest BCUT2D eigenvalue weighted by Crippen LogP contribution is -2.40. The van der Waals surface area contributed by atoms with E-state index in [-0.39, 0.29) is 28.8 Å². The fourth-order valence-corrected chi connectivity index (χ4v) is 5.99. The standard InChI is InChI=1S/C20H28O4S/c1-14-6-8-16(9-7-14)25(22,23)24-13-15(2)17-10-11-18-19(21)5-4-12-20(17,18)3/h6-9,15,17-18H,4-5,10-13H2,1-3H3/t15-,17+,18?,20+/m0/s1. The van der Waals surface area contributed by atoms with Gasteiger partial charge >= 0.3 is 0 Å². The van der Waals surface area contributed by atoms with Crippen molar-refractivity contribution in [1.82, 2.24) is 0 Å².